The van der Waals surface area contributed by atoms with E-state index in [9.17, 15) is 10.1 Å². The first kappa shape index (κ1) is 20.0. The highest BCUT2D eigenvalue weighted by Gasteiger charge is 2.32. The number of nitrogens with one attached hydrogen (secondary N) is 1. The molecule has 0 saturated carbocycles. The van der Waals surface area contributed by atoms with Gasteiger partial charge in [0, 0.05) is 5.56 Å². The van der Waals surface area contributed by atoms with Crippen molar-refractivity contribution in [2.24, 2.45) is 5.92 Å². The average Bonchev–Trinajstić information content (AvgIpc) is 3.02. The highest BCUT2D eigenvalue weighted by Crippen LogP contribution is 2.28. The number of nitrogens with zero attached hydrogens (tertiary/aromatic N) is 3. The molecule has 138 valence electrons. The Kier molecular flexibility index (Phi) is 6.09. The van der Waals surface area contributed by atoms with E-state index in [2.05, 4.69) is 27.6 Å². The van der Waals surface area contributed by atoms with Crippen LogP contribution in [0.25, 0.3) is 11.5 Å². The fraction of sp³-hybridized carbons (Fsp3) is 0.474. The lowest BCUT2D eigenvalue weighted by atomic mass is 9.90. The number of aryl methyl sites for hydroxylation is 2. The summed E-state index contributed by atoms with van der Waals surface area (Å²) < 4.78 is 5.70. The Morgan fingerprint density at radius 2 is 1.85 bits per heavy atom. The summed E-state index contributed by atoms with van der Waals surface area (Å²) >= 11 is 1.18. The van der Waals surface area contributed by atoms with E-state index in [1.165, 1.54) is 11.8 Å². The normalized spacial score (nSPS) is 14.5. The molecule has 0 radical (unpaired) electrons. The van der Waals surface area contributed by atoms with Crippen molar-refractivity contribution in [3.8, 4) is 17.5 Å². The second-order valence-electron chi connectivity index (χ2n) is 6.97. The summed E-state index contributed by atoms with van der Waals surface area (Å²) in [7, 11) is 0. The third-order valence-corrected chi connectivity index (χ3v) is 5.23. The van der Waals surface area contributed by atoms with Gasteiger partial charge in [-0.1, -0.05) is 42.8 Å². The fourth-order valence-corrected chi connectivity index (χ4v) is 3.02. The van der Waals surface area contributed by atoms with Crippen LogP contribution in [0.5, 0.6) is 0 Å². The van der Waals surface area contributed by atoms with Crippen molar-refractivity contribution in [3.63, 3.8) is 0 Å². The monoisotopic (exact) mass is 372 g/mol. The molecule has 7 heteroatoms. The van der Waals surface area contributed by atoms with Crippen LogP contribution in [0.1, 0.15) is 38.8 Å². The van der Waals surface area contributed by atoms with E-state index in [1.54, 1.807) is 13.8 Å². The van der Waals surface area contributed by atoms with Gasteiger partial charge in [0.05, 0.1) is 11.3 Å². The van der Waals surface area contributed by atoms with E-state index in [4.69, 9.17) is 4.42 Å². The van der Waals surface area contributed by atoms with Crippen LogP contribution in [0.4, 0.5) is 0 Å². The molecule has 1 N–H and O–H groups in total. The number of hydrogen-bond acceptors (Lipinski definition) is 6. The van der Waals surface area contributed by atoms with Gasteiger partial charge in [0.1, 0.15) is 5.54 Å². The molecule has 0 bridgehead atoms. The van der Waals surface area contributed by atoms with Crippen molar-refractivity contribution in [2.75, 3.05) is 0 Å². The zero-order valence-electron chi connectivity index (χ0n) is 16.0. The average molecular weight is 372 g/mol. The van der Waals surface area contributed by atoms with Crippen LogP contribution in [0.2, 0.25) is 0 Å². The molecule has 0 aliphatic rings. The van der Waals surface area contributed by atoms with Crippen molar-refractivity contribution in [1.29, 1.82) is 5.26 Å². The van der Waals surface area contributed by atoms with Gasteiger partial charge in [-0.15, -0.1) is 10.2 Å². The van der Waals surface area contributed by atoms with Gasteiger partial charge in [-0.2, -0.15) is 5.26 Å². The maximum absolute atomic E-state index is 12.4. The Labute approximate surface area is 158 Å². The summed E-state index contributed by atoms with van der Waals surface area (Å²) in [6.45, 7) is 11.3. The lowest BCUT2D eigenvalue weighted by Crippen LogP contribution is -2.51. The second-order valence-corrected chi connectivity index (χ2v) is 8.26. The lowest BCUT2D eigenvalue weighted by Gasteiger charge is -2.28. The van der Waals surface area contributed by atoms with Gasteiger partial charge < -0.3 is 9.73 Å². The minimum Gasteiger partial charge on any atom is -0.411 e. The number of rotatable bonds is 6. The van der Waals surface area contributed by atoms with Gasteiger partial charge in [0.15, 0.2) is 0 Å². The van der Waals surface area contributed by atoms with Crippen LogP contribution in [-0.2, 0) is 4.79 Å². The quantitative estimate of drug-likeness (QED) is 0.774. The molecule has 1 heterocycles. The first-order valence-corrected chi connectivity index (χ1v) is 9.34. The summed E-state index contributed by atoms with van der Waals surface area (Å²) in [5, 5.41) is 20.1. The second kappa shape index (κ2) is 7.92. The van der Waals surface area contributed by atoms with Crippen molar-refractivity contribution in [2.45, 2.75) is 57.6 Å². The Hall–Kier alpha value is -2.33. The summed E-state index contributed by atoms with van der Waals surface area (Å²) in [5.74, 6) is 0.183. The zero-order chi connectivity index (χ0) is 19.5. The van der Waals surface area contributed by atoms with Gasteiger partial charge in [0.25, 0.3) is 5.22 Å². The smallest absolute Gasteiger partial charge is 0.277 e. The van der Waals surface area contributed by atoms with Crippen LogP contribution in [0.15, 0.2) is 27.8 Å². The number of thioether (sulfide) groups is 1. The number of amides is 1. The highest BCUT2D eigenvalue weighted by atomic mass is 32.2. The van der Waals surface area contributed by atoms with Crippen molar-refractivity contribution in [1.82, 2.24) is 15.5 Å². The van der Waals surface area contributed by atoms with E-state index in [0.29, 0.717) is 11.1 Å². The Bertz CT molecular complexity index is 820. The van der Waals surface area contributed by atoms with Gasteiger partial charge in [0.2, 0.25) is 11.8 Å². The molecule has 0 aliphatic heterocycles. The number of carbonyl (C=O) groups is 1. The van der Waals surface area contributed by atoms with Gasteiger partial charge in [-0.05, 0) is 45.7 Å². The number of aromatic nitrogens is 2. The predicted molar refractivity (Wildman–Crippen MR) is 102 cm³/mol. The number of nitriles is 1. The summed E-state index contributed by atoms with van der Waals surface area (Å²) in [5.41, 5.74) is 2.18. The van der Waals surface area contributed by atoms with E-state index >= 15 is 0 Å². The third-order valence-electron chi connectivity index (χ3n) is 4.29. The van der Waals surface area contributed by atoms with Crippen LogP contribution in [0, 0.1) is 31.1 Å². The fourth-order valence-electron chi connectivity index (χ4n) is 2.34. The zero-order valence-corrected chi connectivity index (χ0v) is 16.8. The lowest BCUT2D eigenvalue weighted by molar-refractivity contribution is -0.121. The van der Waals surface area contributed by atoms with Crippen LogP contribution < -0.4 is 5.32 Å². The van der Waals surface area contributed by atoms with Gasteiger partial charge >= 0.3 is 0 Å². The van der Waals surface area contributed by atoms with E-state index in [0.717, 1.165) is 16.7 Å². The largest absolute Gasteiger partial charge is 0.411 e. The molecule has 0 saturated heterocycles. The Morgan fingerprint density at radius 3 is 2.38 bits per heavy atom. The molecule has 0 unspecified atom stereocenters. The van der Waals surface area contributed by atoms with Crippen molar-refractivity contribution in [3.05, 3.63) is 29.3 Å². The van der Waals surface area contributed by atoms with E-state index in [-0.39, 0.29) is 11.8 Å². The molecule has 0 spiro atoms. The molecular formula is C19H24N4O2S. The maximum atomic E-state index is 12.4. The molecule has 1 amide bonds. The third kappa shape index (κ3) is 4.64. The van der Waals surface area contributed by atoms with Crippen molar-refractivity contribution >= 4 is 17.7 Å². The molecule has 26 heavy (non-hydrogen) atoms. The Morgan fingerprint density at radius 1 is 1.23 bits per heavy atom. The van der Waals surface area contributed by atoms with E-state index in [1.807, 2.05) is 39.8 Å². The maximum Gasteiger partial charge on any atom is 0.277 e. The van der Waals surface area contributed by atoms with Gasteiger partial charge in [-0.25, -0.2) is 0 Å². The van der Waals surface area contributed by atoms with Crippen molar-refractivity contribution < 1.29 is 9.21 Å². The summed E-state index contributed by atoms with van der Waals surface area (Å²) in [6, 6.07) is 8.20. The molecule has 0 aliphatic carbocycles. The standard InChI is InChI=1S/C19H24N4O2S/c1-11(2)19(6,10-20)21-16(24)14(5)26-18-23-22-17(25-18)15-8-12(3)7-13(4)9-15/h7-9,11,14H,1-6H3,(H,21,24)/t14-,19+/m1/s1. The molecule has 2 aromatic rings. The molecule has 1 aromatic carbocycles. The minimum absolute atomic E-state index is 0.00628. The highest BCUT2D eigenvalue weighted by molar-refractivity contribution is 8.00. The first-order valence-electron chi connectivity index (χ1n) is 8.46. The molecule has 2 atom stereocenters. The Balaban J connectivity index is 2.09. The number of benzene rings is 1. The topological polar surface area (TPSA) is 91.8 Å². The summed E-state index contributed by atoms with van der Waals surface area (Å²) in [6.07, 6.45) is 0. The van der Waals surface area contributed by atoms with Crippen LogP contribution in [-0.4, -0.2) is 26.9 Å². The molecular weight excluding hydrogens is 348 g/mol. The molecule has 1 aromatic heterocycles. The molecule has 2 rings (SSSR count). The summed E-state index contributed by atoms with van der Waals surface area (Å²) in [4.78, 5) is 12.4. The SMILES string of the molecule is Cc1cc(C)cc(-c2nnc(S[C@H](C)C(=O)N[C@@](C)(C#N)C(C)C)o2)c1. The number of hydrogen-bond donors (Lipinski definition) is 1. The predicted octanol–water partition coefficient (Wildman–Crippen LogP) is 3.89. The first-order chi connectivity index (χ1) is 12.1. The van der Waals surface area contributed by atoms with Crippen LogP contribution >= 0.6 is 11.8 Å². The van der Waals surface area contributed by atoms with Crippen LogP contribution in [0.3, 0.4) is 0 Å². The molecule has 6 nitrogen and oxygen atoms in total. The van der Waals surface area contributed by atoms with E-state index < -0.39 is 10.8 Å². The molecule has 0 fully saturated rings. The van der Waals surface area contributed by atoms with Gasteiger partial charge in [-0.3, -0.25) is 4.79 Å². The number of carbonyl (C=O) groups excluding carboxylic acids is 1. The minimum atomic E-state index is -0.912.